The molecule has 0 saturated heterocycles. The lowest BCUT2D eigenvalue weighted by molar-refractivity contribution is -0.135. The molecular formula is C10H13BrN2O2. The number of rotatable bonds is 3. The van der Waals surface area contributed by atoms with Gasteiger partial charge in [0, 0.05) is 14.1 Å². The maximum atomic E-state index is 11.5. The molecule has 5 heteroatoms. The van der Waals surface area contributed by atoms with Gasteiger partial charge in [-0.25, -0.2) is 4.98 Å². The number of hydrogen-bond acceptors (Lipinski definition) is 3. The third-order valence-electron chi connectivity index (χ3n) is 1.80. The van der Waals surface area contributed by atoms with E-state index in [1.165, 1.54) is 4.90 Å². The molecule has 82 valence electrons. The first-order chi connectivity index (χ1) is 7.00. The summed E-state index contributed by atoms with van der Waals surface area (Å²) in [6, 6.07) is 3.53. The first kappa shape index (κ1) is 12.0. The van der Waals surface area contributed by atoms with E-state index in [1.807, 2.05) is 0 Å². The van der Waals surface area contributed by atoms with Gasteiger partial charge in [-0.15, -0.1) is 0 Å². The van der Waals surface area contributed by atoms with Gasteiger partial charge in [-0.05, 0) is 35.0 Å². The van der Waals surface area contributed by atoms with E-state index >= 15 is 0 Å². The number of carbonyl (C=O) groups is 1. The molecule has 1 heterocycles. The van der Waals surface area contributed by atoms with Gasteiger partial charge in [0.1, 0.15) is 10.4 Å². The Hall–Kier alpha value is -1.10. The van der Waals surface area contributed by atoms with E-state index in [0.717, 1.165) is 4.60 Å². The molecule has 0 bridgehead atoms. The van der Waals surface area contributed by atoms with Crippen molar-refractivity contribution < 1.29 is 9.53 Å². The lowest BCUT2D eigenvalue weighted by atomic mass is 10.3. The maximum Gasteiger partial charge on any atom is 0.262 e. The summed E-state index contributed by atoms with van der Waals surface area (Å²) in [4.78, 5) is 17.0. The predicted molar refractivity (Wildman–Crippen MR) is 60.7 cm³/mol. The average molecular weight is 273 g/mol. The topological polar surface area (TPSA) is 42.4 Å². The average Bonchev–Trinajstić information content (AvgIpc) is 2.20. The highest BCUT2D eigenvalue weighted by Gasteiger charge is 2.16. The van der Waals surface area contributed by atoms with Crippen molar-refractivity contribution in [1.82, 2.24) is 9.88 Å². The van der Waals surface area contributed by atoms with Crippen molar-refractivity contribution in [2.24, 2.45) is 0 Å². The molecule has 4 nitrogen and oxygen atoms in total. The molecule has 1 rings (SSSR count). The molecule has 1 aromatic rings. The van der Waals surface area contributed by atoms with Gasteiger partial charge < -0.3 is 9.64 Å². The van der Waals surface area contributed by atoms with Crippen LogP contribution < -0.4 is 4.74 Å². The van der Waals surface area contributed by atoms with Crippen LogP contribution in [0, 0.1) is 0 Å². The van der Waals surface area contributed by atoms with Crippen molar-refractivity contribution in [1.29, 1.82) is 0 Å². The molecule has 1 aromatic heterocycles. The molecular weight excluding hydrogens is 260 g/mol. The molecule has 0 aliphatic carbocycles. The summed E-state index contributed by atoms with van der Waals surface area (Å²) in [6.45, 7) is 1.71. The normalized spacial score (nSPS) is 12.0. The number of carbonyl (C=O) groups excluding carboxylic acids is 1. The molecule has 15 heavy (non-hydrogen) atoms. The fourth-order valence-electron chi connectivity index (χ4n) is 1.05. The van der Waals surface area contributed by atoms with Crippen molar-refractivity contribution in [3.05, 3.63) is 22.9 Å². The molecule has 1 unspecified atom stereocenters. The van der Waals surface area contributed by atoms with Crippen LogP contribution in [0.2, 0.25) is 0 Å². The number of aromatic nitrogens is 1. The number of amides is 1. The zero-order valence-corrected chi connectivity index (χ0v) is 10.5. The SMILES string of the molecule is CC(Oc1ccc(Br)nc1)C(=O)N(C)C. The van der Waals surface area contributed by atoms with Crippen LogP contribution in [0.25, 0.3) is 0 Å². The minimum absolute atomic E-state index is 0.0714. The second-order valence-electron chi connectivity index (χ2n) is 3.31. The predicted octanol–water partition coefficient (Wildman–Crippen LogP) is 1.70. The minimum atomic E-state index is -0.497. The van der Waals surface area contributed by atoms with Crippen molar-refractivity contribution in [2.45, 2.75) is 13.0 Å². The number of pyridine rings is 1. The monoisotopic (exact) mass is 272 g/mol. The molecule has 0 aliphatic heterocycles. The molecule has 0 saturated carbocycles. The summed E-state index contributed by atoms with van der Waals surface area (Å²) in [7, 11) is 3.39. The van der Waals surface area contributed by atoms with Gasteiger partial charge in [0.05, 0.1) is 6.20 Å². The fourth-order valence-corrected chi connectivity index (χ4v) is 1.28. The van der Waals surface area contributed by atoms with Crippen molar-refractivity contribution in [3.63, 3.8) is 0 Å². The maximum absolute atomic E-state index is 11.5. The highest BCUT2D eigenvalue weighted by Crippen LogP contribution is 2.14. The second-order valence-corrected chi connectivity index (χ2v) is 4.12. The van der Waals surface area contributed by atoms with Crippen LogP contribution in [0.1, 0.15) is 6.92 Å². The Morgan fingerprint density at radius 1 is 1.53 bits per heavy atom. The quantitative estimate of drug-likeness (QED) is 0.787. The number of halogens is 1. The Morgan fingerprint density at radius 3 is 2.67 bits per heavy atom. The second kappa shape index (κ2) is 5.11. The summed E-state index contributed by atoms with van der Waals surface area (Å²) in [6.07, 6.45) is 1.08. The Morgan fingerprint density at radius 2 is 2.20 bits per heavy atom. The third kappa shape index (κ3) is 3.51. The standard InChI is InChI=1S/C10H13BrN2O2/c1-7(10(14)13(2)3)15-8-4-5-9(11)12-6-8/h4-7H,1-3H3. The summed E-state index contributed by atoms with van der Waals surface area (Å²) in [5.74, 6) is 0.513. The van der Waals surface area contributed by atoms with Gasteiger partial charge in [-0.3, -0.25) is 4.79 Å². The van der Waals surface area contributed by atoms with Crippen molar-refractivity contribution in [2.75, 3.05) is 14.1 Å². The molecule has 0 spiro atoms. The minimum Gasteiger partial charge on any atom is -0.479 e. The van der Waals surface area contributed by atoms with Crippen LogP contribution >= 0.6 is 15.9 Å². The van der Waals surface area contributed by atoms with Gasteiger partial charge in [0.2, 0.25) is 0 Å². The van der Waals surface area contributed by atoms with Gasteiger partial charge in [0.25, 0.3) is 5.91 Å². The van der Waals surface area contributed by atoms with E-state index in [1.54, 1.807) is 39.3 Å². The summed E-state index contributed by atoms with van der Waals surface area (Å²) in [5, 5.41) is 0. The Labute approximate surface area is 97.4 Å². The zero-order chi connectivity index (χ0) is 11.4. The fraction of sp³-hybridized carbons (Fsp3) is 0.400. The molecule has 0 radical (unpaired) electrons. The number of ether oxygens (including phenoxy) is 1. The van der Waals surface area contributed by atoms with Gasteiger partial charge in [0.15, 0.2) is 6.10 Å². The first-order valence-corrected chi connectivity index (χ1v) is 5.29. The number of nitrogens with zero attached hydrogens (tertiary/aromatic N) is 2. The number of hydrogen-bond donors (Lipinski definition) is 0. The van der Waals surface area contributed by atoms with E-state index in [4.69, 9.17) is 4.74 Å². The van der Waals surface area contributed by atoms with Gasteiger partial charge in [-0.2, -0.15) is 0 Å². The van der Waals surface area contributed by atoms with E-state index in [-0.39, 0.29) is 5.91 Å². The lowest BCUT2D eigenvalue weighted by Gasteiger charge is -2.17. The summed E-state index contributed by atoms with van der Waals surface area (Å²) in [5.41, 5.74) is 0. The Bertz CT molecular complexity index is 338. The lowest BCUT2D eigenvalue weighted by Crippen LogP contribution is -2.35. The van der Waals surface area contributed by atoms with E-state index in [0.29, 0.717) is 5.75 Å². The van der Waals surface area contributed by atoms with Crippen molar-refractivity contribution >= 4 is 21.8 Å². The van der Waals surface area contributed by atoms with Crippen LogP contribution in [-0.4, -0.2) is 36.0 Å². The number of likely N-dealkylation sites (N-methyl/N-ethyl adjacent to an activating group) is 1. The molecule has 0 aliphatic rings. The van der Waals surface area contributed by atoms with Crippen LogP contribution in [0.5, 0.6) is 5.75 Å². The first-order valence-electron chi connectivity index (χ1n) is 4.50. The molecule has 1 atom stereocenters. The van der Waals surface area contributed by atoms with Crippen LogP contribution in [0.3, 0.4) is 0 Å². The zero-order valence-electron chi connectivity index (χ0n) is 8.90. The smallest absolute Gasteiger partial charge is 0.262 e. The van der Waals surface area contributed by atoms with Crippen LogP contribution in [0.15, 0.2) is 22.9 Å². The molecule has 0 N–H and O–H groups in total. The van der Waals surface area contributed by atoms with Gasteiger partial charge in [-0.1, -0.05) is 0 Å². The van der Waals surface area contributed by atoms with Crippen molar-refractivity contribution in [3.8, 4) is 5.75 Å². The third-order valence-corrected chi connectivity index (χ3v) is 2.27. The van der Waals surface area contributed by atoms with Crippen LogP contribution in [0.4, 0.5) is 0 Å². The Kier molecular flexibility index (Phi) is 4.08. The molecule has 0 aromatic carbocycles. The Balaban J connectivity index is 2.62. The highest BCUT2D eigenvalue weighted by atomic mass is 79.9. The highest BCUT2D eigenvalue weighted by molar-refractivity contribution is 9.10. The van der Waals surface area contributed by atoms with Gasteiger partial charge >= 0.3 is 0 Å². The molecule has 1 amide bonds. The van der Waals surface area contributed by atoms with Crippen LogP contribution in [-0.2, 0) is 4.79 Å². The van der Waals surface area contributed by atoms with E-state index in [2.05, 4.69) is 20.9 Å². The molecule has 0 fully saturated rings. The summed E-state index contributed by atoms with van der Waals surface area (Å²) >= 11 is 3.22. The summed E-state index contributed by atoms with van der Waals surface area (Å²) < 4.78 is 6.16. The van der Waals surface area contributed by atoms with E-state index < -0.39 is 6.10 Å². The van der Waals surface area contributed by atoms with E-state index in [9.17, 15) is 4.79 Å². The largest absolute Gasteiger partial charge is 0.479 e.